The minimum Gasteiger partial charge on any atom is -0.496 e. The number of piperidine rings is 1. The number of para-hydroxylation sites is 1. The molecule has 1 saturated heterocycles. The number of methoxy groups -OCH3 is 1. The van der Waals surface area contributed by atoms with E-state index in [4.69, 9.17) is 4.74 Å². The first-order valence-electron chi connectivity index (χ1n) is 10.7. The highest BCUT2D eigenvalue weighted by atomic mass is 16.5. The third-order valence-electron chi connectivity index (χ3n) is 5.91. The summed E-state index contributed by atoms with van der Waals surface area (Å²) in [5, 5.41) is 11.9. The van der Waals surface area contributed by atoms with E-state index in [0.29, 0.717) is 6.54 Å². The fourth-order valence-corrected chi connectivity index (χ4v) is 4.04. The molecule has 1 amide bonds. The van der Waals surface area contributed by atoms with Gasteiger partial charge in [-0.15, -0.1) is 10.2 Å². The molecule has 6 heteroatoms. The van der Waals surface area contributed by atoms with Gasteiger partial charge in [0, 0.05) is 36.7 Å². The summed E-state index contributed by atoms with van der Waals surface area (Å²) in [4.78, 5) is 14.9. The van der Waals surface area contributed by atoms with Crippen LogP contribution in [0.2, 0.25) is 0 Å². The van der Waals surface area contributed by atoms with Gasteiger partial charge in [0.05, 0.1) is 12.8 Å². The highest BCUT2D eigenvalue weighted by Crippen LogP contribution is 2.25. The summed E-state index contributed by atoms with van der Waals surface area (Å²) in [6, 6.07) is 20.0. The van der Waals surface area contributed by atoms with Crippen molar-refractivity contribution < 1.29 is 9.53 Å². The number of aromatic nitrogens is 2. The van der Waals surface area contributed by atoms with Crippen LogP contribution in [0, 0.1) is 12.8 Å². The monoisotopic (exact) mass is 416 g/mol. The van der Waals surface area contributed by atoms with Gasteiger partial charge in [-0.05, 0) is 43.5 Å². The molecular formula is C25H28N4O2. The normalized spacial score (nSPS) is 14.3. The molecule has 4 rings (SSSR count). The molecule has 160 valence electrons. The predicted molar refractivity (Wildman–Crippen MR) is 122 cm³/mol. The average molecular weight is 417 g/mol. The molecule has 0 aliphatic carbocycles. The molecule has 1 fully saturated rings. The Morgan fingerprint density at radius 3 is 2.48 bits per heavy atom. The molecule has 1 aromatic heterocycles. The molecule has 31 heavy (non-hydrogen) atoms. The van der Waals surface area contributed by atoms with Gasteiger partial charge in [-0.25, -0.2) is 0 Å². The molecular weight excluding hydrogens is 388 g/mol. The maximum atomic E-state index is 12.6. The Morgan fingerprint density at radius 1 is 1.03 bits per heavy atom. The lowest BCUT2D eigenvalue weighted by molar-refractivity contribution is -0.125. The Morgan fingerprint density at radius 2 is 1.77 bits per heavy atom. The fraction of sp³-hybridized carbons (Fsp3) is 0.320. The molecule has 1 N–H and O–H groups in total. The van der Waals surface area contributed by atoms with Crippen molar-refractivity contribution in [2.75, 3.05) is 25.1 Å². The van der Waals surface area contributed by atoms with Crippen molar-refractivity contribution in [2.24, 2.45) is 5.92 Å². The molecule has 0 atom stereocenters. The second-order valence-electron chi connectivity index (χ2n) is 7.88. The number of hydrogen-bond acceptors (Lipinski definition) is 5. The lowest BCUT2D eigenvalue weighted by Gasteiger charge is -2.31. The lowest BCUT2D eigenvalue weighted by atomic mass is 9.95. The zero-order chi connectivity index (χ0) is 21.6. The predicted octanol–water partition coefficient (Wildman–Crippen LogP) is 3.99. The van der Waals surface area contributed by atoms with Crippen LogP contribution in [0.1, 0.15) is 24.0 Å². The Labute approximate surface area is 183 Å². The number of benzene rings is 2. The molecule has 0 saturated carbocycles. The van der Waals surface area contributed by atoms with E-state index >= 15 is 0 Å². The van der Waals surface area contributed by atoms with Crippen molar-refractivity contribution in [3.8, 4) is 17.0 Å². The summed E-state index contributed by atoms with van der Waals surface area (Å²) >= 11 is 0. The summed E-state index contributed by atoms with van der Waals surface area (Å²) in [5.74, 6) is 1.78. The van der Waals surface area contributed by atoms with Crippen molar-refractivity contribution >= 4 is 11.7 Å². The zero-order valence-electron chi connectivity index (χ0n) is 18.0. The van der Waals surface area contributed by atoms with Crippen LogP contribution in [-0.2, 0) is 11.3 Å². The first-order valence-corrected chi connectivity index (χ1v) is 10.7. The van der Waals surface area contributed by atoms with E-state index in [1.54, 1.807) is 7.11 Å². The van der Waals surface area contributed by atoms with Crippen molar-refractivity contribution in [3.05, 3.63) is 71.8 Å². The van der Waals surface area contributed by atoms with Gasteiger partial charge in [-0.1, -0.05) is 42.5 Å². The van der Waals surface area contributed by atoms with E-state index in [1.807, 2.05) is 48.5 Å². The fourth-order valence-electron chi connectivity index (χ4n) is 4.04. The molecule has 3 aromatic rings. The highest BCUT2D eigenvalue weighted by Gasteiger charge is 2.25. The van der Waals surface area contributed by atoms with Crippen LogP contribution in [0.4, 0.5) is 5.82 Å². The number of anilines is 1. The lowest BCUT2D eigenvalue weighted by Crippen LogP contribution is -2.40. The maximum absolute atomic E-state index is 12.6. The molecule has 2 aromatic carbocycles. The zero-order valence-corrected chi connectivity index (χ0v) is 18.0. The molecule has 0 spiro atoms. The molecule has 0 bridgehead atoms. The Hall–Kier alpha value is -3.41. The van der Waals surface area contributed by atoms with Crippen molar-refractivity contribution in [3.63, 3.8) is 0 Å². The number of ether oxygens (including phenoxy) is 1. The summed E-state index contributed by atoms with van der Waals surface area (Å²) < 4.78 is 5.36. The molecule has 6 nitrogen and oxygen atoms in total. The van der Waals surface area contributed by atoms with E-state index in [9.17, 15) is 4.79 Å². The number of aryl methyl sites for hydroxylation is 1. The molecule has 0 radical (unpaired) electrons. The van der Waals surface area contributed by atoms with Gasteiger partial charge in [0.15, 0.2) is 5.82 Å². The average Bonchev–Trinajstić information content (AvgIpc) is 2.83. The second-order valence-corrected chi connectivity index (χ2v) is 7.88. The van der Waals surface area contributed by atoms with Crippen molar-refractivity contribution in [1.82, 2.24) is 15.5 Å². The van der Waals surface area contributed by atoms with Gasteiger partial charge in [-0.2, -0.15) is 0 Å². The number of nitrogens with one attached hydrogen (secondary N) is 1. The summed E-state index contributed by atoms with van der Waals surface area (Å²) in [6.45, 7) is 4.15. The molecule has 2 heterocycles. The molecule has 1 aliphatic rings. The quantitative estimate of drug-likeness (QED) is 0.658. The maximum Gasteiger partial charge on any atom is 0.223 e. The largest absolute Gasteiger partial charge is 0.496 e. The van der Waals surface area contributed by atoms with Crippen LogP contribution in [-0.4, -0.2) is 36.3 Å². The van der Waals surface area contributed by atoms with Gasteiger partial charge < -0.3 is 15.0 Å². The van der Waals surface area contributed by atoms with Gasteiger partial charge in [0.1, 0.15) is 5.75 Å². The minimum atomic E-state index is 0.0187. The van der Waals surface area contributed by atoms with Crippen molar-refractivity contribution in [2.45, 2.75) is 26.3 Å². The van der Waals surface area contributed by atoms with Gasteiger partial charge in [-0.3, -0.25) is 4.79 Å². The Balaban J connectivity index is 1.31. The summed E-state index contributed by atoms with van der Waals surface area (Å²) in [5.41, 5.74) is 4.16. The highest BCUT2D eigenvalue weighted by molar-refractivity contribution is 5.79. The van der Waals surface area contributed by atoms with Crippen LogP contribution >= 0.6 is 0 Å². The Bertz CT molecular complexity index is 1030. The summed E-state index contributed by atoms with van der Waals surface area (Å²) in [6.07, 6.45) is 1.61. The van der Waals surface area contributed by atoms with E-state index in [2.05, 4.69) is 39.5 Å². The first-order chi connectivity index (χ1) is 15.2. The number of nitrogens with zero attached hydrogens (tertiary/aromatic N) is 3. The van der Waals surface area contributed by atoms with Crippen LogP contribution in [0.25, 0.3) is 11.3 Å². The molecule has 1 aliphatic heterocycles. The van der Waals surface area contributed by atoms with Crippen molar-refractivity contribution in [1.29, 1.82) is 0 Å². The minimum absolute atomic E-state index is 0.0187. The number of carbonyl (C=O) groups excluding carboxylic acids is 1. The third kappa shape index (κ3) is 4.85. The SMILES string of the molecule is COc1ccccc1CNC(=O)C1CCN(c2ccc(-c3ccccc3C)nn2)CC1. The first kappa shape index (κ1) is 20.8. The smallest absolute Gasteiger partial charge is 0.223 e. The molecule has 0 unspecified atom stereocenters. The third-order valence-corrected chi connectivity index (χ3v) is 5.91. The van der Waals surface area contributed by atoms with E-state index in [-0.39, 0.29) is 11.8 Å². The van der Waals surface area contributed by atoms with E-state index in [0.717, 1.165) is 54.3 Å². The summed E-state index contributed by atoms with van der Waals surface area (Å²) in [7, 11) is 1.65. The van der Waals surface area contributed by atoms with Crippen LogP contribution in [0.5, 0.6) is 5.75 Å². The second kappa shape index (κ2) is 9.60. The van der Waals surface area contributed by atoms with Crippen LogP contribution in [0.3, 0.4) is 0 Å². The Kier molecular flexibility index (Phi) is 6.46. The number of amides is 1. The van der Waals surface area contributed by atoms with Crippen LogP contribution in [0.15, 0.2) is 60.7 Å². The van der Waals surface area contributed by atoms with Gasteiger partial charge in [0.2, 0.25) is 5.91 Å². The van der Waals surface area contributed by atoms with E-state index < -0.39 is 0 Å². The van der Waals surface area contributed by atoms with Gasteiger partial charge in [0.25, 0.3) is 0 Å². The standard InChI is InChI=1S/C25H28N4O2/c1-18-7-3-5-9-21(18)22-11-12-24(28-27-22)29-15-13-19(14-16-29)25(30)26-17-20-8-4-6-10-23(20)31-2/h3-12,19H,13-17H2,1-2H3,(H,26,30). The van der Waals surface area contributed by atoms with E-state index in [1.165, 1.54) is 5.56 Å². The van der Waals surface area contributed by atoms with Crippen LogP contribution < -0.4 is 15.0 Å². The van der Waals surface area contributed by atoms with Gasteiger partial charge >= 0.3 is 0 Å². The number of hydrogen-bond donors (Lipinski definition) is 1. The number of rotatable bonds is 6. The topological polar surface area (TPSA) is 67.3 Å². The number of carbonyl (C=O) groups is 1.